The number of benzene rings is 1. The molecule has 0 saturated heterocycles. The van der Waals surface area contributed by atoms with Gasteiger partial charge in [0.25, 0.3) is 5.69 Å². The molecule has 0 aromatic heterocycles. The number of carboxylic acids is 1. The van der Waals surface area contributed by atoms with Crippen molar-refractivity contribution in [3.05, 3.63) is 34.4 Å². The average Bonchev–Trinajstić information content (AvgIpc) is 2.43. The number of nitrogens with one attached hydrogen (secondary N) is 1. The molecule has 7 nitrogen and oxygen atoms in total. The number of non-ortho nitro benzene ring substituents is 1. The van der Waals surface area contributed by atoms with Crippen molar-refractivity contribution in [3.63, 3.8) is 0 Å². The first kappa shape index (κ1) is 15.9. The minimum Gasteiger partial charge on any atom is -0.494 e. The van der Waals surface area contributed by atoms with Gasteiger partial charge in [0, 0.05) is 12.1 Å². The molecule has 0 aliphatic rings. The van der Waals surface area contributed by atoms with Crippen molar-refractivity contribution >= 4 is 11.7 Å². The zero-order valence-electron chi connectivity index (χ0n) is 11.5. The molecule has 0 heterocycles. The van der Waals surface area contributed by atoms with Gasteiger partial charge >= 0.3 is 5.97 Å². The van der Waals surface area contributed by atoms with Gasteiger partial charge < -0.3 is 15.2 Å². The minimum atomic E-state index is -0.973. The van der Waals surface area contributed by atoms with Crippen molar-refractivity contribution < 1.29 is 19.6 Å². The molecule has 0 spiro atoms. The second kappa shape index (κ2) is 6.85. The van der Waals surface area contributed by atoms with Gasteiger partial charge in [-0.1, -0.05) is 0 Å². The van der Waals surface area contributed by atoms with Gasteiger partial charge in [0.1, 0.15) is 11.3 Å². The maximum absolute atomic E-state index is 11.1. The van der Waals surface area contributed by atoms with Crippen LogP contribution in [-0.2, 0) is 4.79 Å². The van der Waals surface area contributed by atoms with Gasteiger partial charge in [-0.05, 0) is 38.9 Å². The largest absolute Gasteiger partial charge is 0.494 e. The molecule has 110 valence electrons. The van der Waals surface area contributed by atoms with Crippen LogP contribution in [0.4, 0.5) is 5.69 Å². The summed E-state index contributed by atoms with van der Waals surface area (Å²) < 4.78 is 5.42. The number of carboxylic acid groups (broad SMARTS) is 1. The fraction of sp³-hybridized carbons (Fsp3) is 0.462. The summed E-state index contributed by atoms with van der Waals surface area (Å²) in [4.78, 5) is 21.1. The van der Waals surface area contributed by atoms with E-state index in [0.29, 0.717) is 25.2 Å². The van der Waals surface area contributed by atoms with Crippen molar-refractivity contribution in [2.75, 3.05) is 13.7 Å². The number of carbonyl (C=O) groups is 1. The van der Waals surface area contributed by atoms with Crippen LogP contribution in [0.1, 0.15) is 19.8 Å². The van der Waals surface area contributed by atoms with E-state index in [9.17, 15) is 14.9 Å². The first-order valence-corrected chi connectivity index (χ1v) is 6.18. The average molecular weight is 282 g/mol. The summed E-state index contributed by atoms with van der Waals surface area (Å²) in [6.07, 6.45) is 0.979. The Labute approximate surface area is 116 Å². The molecule has 0 bridgehead atoms. The van der Waals surface area contributed by atoms with Crippen LogP contribution in [0.15, 0.2) is 24.3 Å². The maximum Gasteiger partial charge on any atom is 0.323 e. The Morgan fingerprint density at radius 1 is 1.45 bits per heavy atom. The Morgan fingerprint density at radius 3 is 2.50 bits per heavy atom. The highest BCUT2D eigenvalue weighted by molar-refractivity contribution is 5.78. The third-order valence-electron chi connectivity index (χ3n) is 3.16. The molecular formula is C13H18N2O5. The molecule has 0 saturated carbocycles. The van der Waals surface area contributed by atoms with Crippen molar-refractivity contribution in [2.45, 2.75) is 25.3 Å². The highest BCUT2D eigenvalue weighted by Crippen LogP contribution is 2.18. The van der Waals surface area contributed by atoms with Crippen LogP contribution in [0.3, 0.4) is 0 Å². The van der Waals surface area contributed by atoms with Crippen LogP contribution in [0.5, 0.6) is 5.75 Å². The number of rotatable bonds is 8. The second-order valence-electron chi connectivity index (χ2n) is 4.59. The van der Waals surface area contributed by atoms with Crippen LogP contribution in [-0.4, -0.2) is 35.2 Å². The Morgan fingerprint density at radius 2 is 2.05 bits per heavy atom. The molecule has 0 radical (unpaired) electrons. The van der Waals surface area contributed by atoms with E-state index in [2.05, 4.69) is 5.32 Å². The highest BCUT2D eigenvalue weighted by Gasteiger charge is 2.30. The number of nitro benzene ring substituents is 1. The molecule has 1 unspecified atom stereocenters. The van der Waals surface area contributed by atoms with E-state index in [1.165, 1.54) is 24.3 Å². The van der Waals surface area contributed by atoms with E-state index in [-0.39, 0.29) is 5.69 Å². The molecule has 0 aliphatic carbocycles. The van der Waals surface area contributed by atoms with Gasteiger partial charge in [0.15, 0.2) is 0 Å². The van der Waals surface area contributed by atoms with E-state index in [1.807, 2.05) is 0 Å². The standard InChI is InChI=1S/C13H18N2O5/c1-13(14-2,12(16)17)8-3-9-20-11-6-4-10(5-7-11)15(18)19/h4-7,14H,3,8-9H2,1-2H3,(H,16,17). The molecule has 1 aromatic rings. The predicted octanol–water partition coefficient (Wildman–Crippen LogP) is 1.82. The van der Waals surface area contributed by atoms with E-state index in [4.69, 9.17) is 9.84 Å². The van der Waals surface area contributed by atoms with Crippen LogP contribution in [0, 0.1) is 10.1 Å². The monoisotopic (exact) mass is 282 g/mol. The first-order valence-electron chi connectivity index (χ1n) is 6.18. The fourth-order valence-corrected chi connectivity index (χ4v) is 1.62. The highest BCUT2D eigenvalue weighted by atomic mass is 16.6. The van der Waals surface area contributed by atoms with Gasteiger partial charge in [0.2, 0.25) is 0 Å². The molecule has 7 heteroatoms. The van der Waals surface area contributed by atoms with Gasteiger partial charge in [-0.15, -0.1) is 0 Å². The normalized spacial score (nSPS) is 13.5. The summed E-state index contributed by atoms with van der Waals surface area (Å²) in [7, 11) is 1.60. The maximum atomic E-state index is 11.1. The number of nitro groups is 1. The lowest BCUT2D eigenvalue weighted by molar-refractivity contribution is -0.384. The summed E-state index contributed by atoms with van der Waals surface area (Å²) in [6, 6.07) is 5.77. The number of hydrogen-bond acceptors (Lipinski definition) is 5. The predicted molar refractivity (Wildman–Crippen MR) is 72.9 cm³/mol. The van der Waals surface area contributed by atoms with E-state index in [0.717, 1.165) is 0 Å². The van der Waals surface area contributed by atoms with E-state index < -0.39 is 16.4 Å². The lowest BCUT2D eigenvalue weighted by Gasteiger charge is -2.23. The zero-order chi connectivity index (χ0) is 15.2. The summed E-state index contributed by atoms with van der Waals surface area (Å²) in [5.41, 5.74) is -0.968. The summed E-state index contributed by atoms with van der Waals surface area (Å²) >= 11 is 0. The van der Waals surface area contributed by atoms with Gasteiger partial charge in [-0.3, -0.25) is 14.9 Å². The first-order chi connectivity index (χ1) is 9.39. The number of hydrogen-bond donors (Lipinski definition) is 2. The topological polar surface area (TPSA) is 102 Å². The molecule has 1 atom stereocenters. The Bertz CT molecular complexity index is 474. The second-order valence-corrected chi connectivity index (χ2v) is 4.59. The van der Waals surface area contributed by atoms with Crippen molar-refractivity contribution in [3.8, 4) is 5.75 Å². The van der Waals surface area contributed by atoms with Crippen LogP contribution < -0.4 is 10.1 Å². The third-order valence-corrected chi connectivity index (χ3v) is 3.16. The number of likely N-dealkylation sites (N-methyl/N-ethyl adjacent to an activating group) is 1. The van der Waals surface area contributed by atoms with Crippen LogP contribution in [0.2, 0.25) is 0 Å². The smallest absolute Gasteiger partial charge is 0.323 e. The Kier molecular flexibility index (Phi) is 5.45. The SMILES string of the molecule is CNC(C)(CCCOc1ccc([N+](=O)[O-])cc1)C(=O)O. The zero-order valence-corrected chi connectivity index (χ0v) is 11.5. The lowest BCUT2D eigenvalue weighted by Crippen LogP contribution is -2.47. The summed E-state index contributed by atoms with van der Waals surface area (Å²) in [5, 5.41) is 22.3. The molecule has 0 aliphatic heterocycles. The quantitative estimate of drug-likeness (QED) is 0.428. The van der Waals surface area contributed by atoms with E-state index in [1.54, 1.807) is 14.0 Å². The van der Waals surface area contributed by atoms with Crippen LogP contribution in [0.25, 0.3) is 0 Å². The number of ether oxygens (including phenoxy) is 1. The Hall–Kier alpha value is -2.15. The van der Waals surface area contributed by atoms with Gasteiger partial charge in [0.05, 0.1) is 11.5 Å². The molecular weight excluding hydrogens is 264 g/mol. The number of aliphatic carboxylic acids is 1. The third kappa shape index (κ3) is 4.20. The summed E-state index contributed by atoms with van der Waals surface area (Å²) in [5.74, 6) is -0.382. The van der Waals surface area contributed by atoms with Crippen molar-refractivity contribution in [1.29, 1.82) is 0 Å². The molecule has 20 heavy (non-hydrogen) atoms. The van der Waals surface area contributed by atoms with Crippen LogP contribution >= 0.6 is 0 Å². The molecule has 0 amide bonds. The fourth-order valence-electron chi connectivity index (χ4n) is 1.62. The van der Waals surface area contributed by atoms with Gasteiger partial charge in [-0.25, -0.2) is 0 Å². The molecule has 2 N–H and O–H groups in total. The summed E-state index contributed by atoms with van der Waals surface area (Å²) in [6.45, 7) is 1.96. The Balaban J connectivity index is 2.41. The van der Waals surface area contributed by atoms with E-state index >= 15 is 0 Å². The van der Waals surface area contributed by atoms with Crippen molar-refractivity contribution in [2.24, 2.45) is 0 Å². The molecule has 0 fully saturated rings. The lowest BCUT2D eigenvalue weighted by atomic mass is 9.96. The minimum absolute atomic E-state index is 0.00554. The molecule has 1 aromatic carbocycles. The number of nitrogens with zero attached hydrogens (tertiary/aromatic N) is 1. The van der Waals surface area contributed by atoms with Crippen molar-refractivity contribution in [1.82, 2.24) is 5.32 Å². The molecule has 1 rings (SSSR count). The van der Waals surface area contributed by atoms with Gasteiger partial charge in [-0.2, -0.15) is 0 Å².